The summed E-state index contributed by atoms with van der Waals surface area (Å²) in [7, 11) is 0. The van der Waals surface area contributed by atoms with Crippen LogP contribution in [-0.4, -0.2) is 40.9 Å². The summed E-state index contributed by atoms with van der Waals surface area (Å²) in [5.41, 5.74) is 2.85. The van der Waals surface area contributed by atoms with E-state index >= 15 is 0 Å². The summed E-state index contributed by atoms with van der Waals surface area (Å²) >= 11 is 4.71. The van der Waals surface area contributed by atoms with Gasteiger partial charge in [0.25, 0.3) is 0 Å². The molecule has 4 rings (SSSR count). The van der Waals surface area contributed by atoms with Gasteiger partial charge in [-0.15, -0.1) is 22.7 Å². The Morgan fingerprint density at radius 3 is 2.69 bits per heavy atom. The lowest BCUT2D eigenvalue weighted by Gasteiger charge is -2.20. The Bertz CT molecular complexity index is 987. The molecule has 0 bridgehead atoms. The highest BCUT2D eigenvalue weighted by Crippen LogP contribution is 2.37. The van der Waals surface area contributed by atoms with Gasteiger partial charge in [0, 0.05) is 11.4 Å². The molecule has 3 aromatic heterocycles. The van der Waals surface area contributed by atoms with E-state index in [1.807, 2.05) is 29.0 Å². The second-order valence-corrected chi connectivity index (χ2v) is 8.85. The normalized spacial score (nSPS) is 13.9. The lowest BCUT2D eigenvalue weighted by atomic mass is 10.2. The molecule has 3 aromatic rings. The van der Waals surface area contributed by atoms with Crippen LogP contribution < -0.4 is 10.6 Å². The van der Waals surface area contributed by atoms with E-state index in [1.54, 1.807) is 29.6 Å². The van der Waals surface area contributed by atoms with Gasteiger partial charge in [0.2, 0.25) is 0 Å². The van der Waals surface area contributed by atoms with E-state index in [2.05, 4.69) is 21.7 Å². The minimum absolute atomic E-state index is 0.152. The molecule has 0 unspecified atom stereocenters. The minimum Gasteiger partial charge on any atom is -0.463 e. The maximum absolute atomic E-state index is 12.2. The fraction of sp³-hybridized carbons (Fsp3) is 0.211. The molecule has 2 amide bonds. The molecule has 1 aliphatic heterocycles. The number of imidazole rings is 1. The van der Waals surface area contributed by atoms with Gasteiger partial charge >= 0.3 is 12.0 Å². The number of thioether (sulfide) groups is 1. The Morgan fingerprint density at radius 1 is 1.24 bits per heavy atom. The molecule has 0 aliphatic carbocycles. The molecule has 0 fully saturated rings. The number of carbonyl (C=O) groups is 2. The van der Waals surface area contributed by atoms with Crippen molar-refractivity contribution in [1.29, 1.82) is 0 Å². The molecule has 1 aliphatic rings. The largest absolute Gasteiger partial charge is 0.463 e. The van der Waals surface area contributed by atoms with Crippen molar-refractivity contribution in [3.63, 3.8) is 0 Å². The number of aromatic amines is 1. The quantitative estimate of drug-likeness (QED) is 0.375. The molecule has 150 valence electrons. The Labute approximate surface area is 179 Å². The van der Waals surface area contributed by atoms with Crippen LogP contribution >= 0.6 is 34.4 Å². The average molecular weight is 447 g/mol. The first-order chi connectivity index (χ1) is 14.2. The molecule has 0 atom stereocenters. The Hall–Kier alpha value is -2.56. The minimum atomic E-state index is -0.423. The molecule has 10 heteroatoms. The average Bonchev–Trinajstić information content (AvgIpc) is 3.47. The standard InChI is InChI=1S/C19H18N4O3S3/c1-2-26-17(24)11-9-20-18(25)21-12(11)10-29-19-22-15(13-5-3-7-27-13)16(23-19)14-6-4-8-28-14/h3-8H,2,9-10H2,1H3,(H,22,23)(H2,20,21,25). The third kappa shape index (κ3) is 4.39. The van der Waals surface area contributed by atoms with Crippen LogP contribution in [0.1, 0.15) is 6.92 Å². The number of carbonyl (C=O) groups excluding carboxylic acids is 2. The highest BCUT2D eigenvalue weighted by atomic mass is 32.2. The lowest BCUT2D eigenvalue weighted by Crippen LogP contribution is -2.44. The van der Waals surface area contributed by atoms with E-state index in [4.69, 9.17) is 9.72 Å². The van der Waals surface area contributed by atoms with Crippen molar-refractivity contribution < 1.29 is 14.3 Å². The first kappa shape index (κ1) is 19.7. The third-order valence-electron chi connectivity index (χ3n) is 4.13. The van der Waals surface area contributed by atoms with Gasteiger partial charge in [-0.25, -0.2) is 14.6 Å². The zero-order valence-corrected chi connectivity index (χ0v) is 17.9. The van der Waals surface area contributed by atoms with Gasteiger partial charge in [0.1, 0.15) is 5.69 Å². The van der Waals surface area contributed by atoms with Crippen molar-refractivity contribution in [1.82, 2.24) is 20.6 Å². The summed E-state index contributed by atoms with van der Waals surface area (Å²) in [5, 5.41) is 10.1. The summed E-state index contributed by atoms with van der Waals surface area (Å²) < 4.78 is 5.10. The molecular formula is C19H18N4O3S3. The van der Waals surface area contributed by atoms with Crippen LogP contribution in [0.5, 0.6) is 0 Å². The Balaban J connectivity index is 1.60. The van der Waals surface area contributed by atoms with Gasteiger partial charge < -0.3 is 20.4 Å². The topological polar surface area (TPSA) is 96.1 Å². The molecule has 3 N–H and O–H groups in total. The third-order valence-corrected chi connectivity index (χ3v) is 6.80. The molecule has 29 heavy (non-hydrogen) atoms. The molecule has 4 heterocycles. The zero-order chi connectivity index (χ0) is 20.2. The Morgan fingerprint density at radius 2 is 2.00 bits per heavy atom. The number of nitrogens with one attached hydrogen (secondary N) is 3. The van der Waals surface area contributed by atoms with Crippen LogP contribution in [0.3, 0.4) is 0 Å². The highest BCUT2D eigenvalue weighted by molar-refractivity contribution is 7.99. The summed E-state index contributed by atoms with van der Waals surface area (Å²) in [6, 6.07) is 7.78. The maximum Gasteiger partial charge on any atom is 0.337 e. The van der Waals surface area contributed by atoms with E-state index in [0.717, 1.165) is 26.3 Å². The van der Waals surface area contributed by atoms with Gasteiger partial charge in [0.05, 0.1) is 34.2 Å². The summed E-state index contributed by atoms with van der Waals surface area (Å²) in [4.78, 5) is 34.3. The fourth-order valence-electron chi connectivity index (χ4n) is 2.82. The molecule has 0 saturated heterocycles. The molecule has 7 nitrogen and oxygen atoms in total. The van der Waals surface area contributed by atoms with Crippen LogP contribution in [0.2, 0.25) is 0 Å². The van der Waals surface area contributed by atoms with Crippen molar-refractivity contribution in [3.05, 3.63) is 46.3 Å². The SMILES string of the molecule is CCOC(=O)C1=C(CSc2nc(-c3cccs3)c(-c3cccs3)[nH]2)NC(=O)NC1. The number of esters is 1. The van der Waals surface area contributed by atoms with Gasteiger partial charge in [-0.3, -0.25) is 0 Å². The van der Waals surface area contributed by atoms with Gasteiger partial charge in [-0.1, -0.05) is 23.9 Å². The Kier molecular flexibility index (Phi) is 6.02. The van der Waals surface area contributed by atoms with Crippen molar-refractivity contribution in [2.24, 2.45) is 0 Å². The van der Waals surface area contributed by atoms with Crippen LogP contribution in [0.25, 0.3) is 21.1 Å². The number of rotatable bonds is 7. The predicted molar refractivity (Wildman–Crippen MR) is 116 cm³/mol. The summed E-state index contributed by atoms with van der Waals surface area (Å²) in [6.45, 7) is 2.19. The van der Waals surface area contributed by atoms with Crippen molar-refractivity contribution in [2.45, 2.75) is 12.1 Å². The first-order valence-electron chi connectivity index (χ1n) is 8.90. The molecular weight excluding hydrogens is 428 g/mol. The van der Waals surface area contributed by atoms with E-state index in [-0.39, 0.29) is 19.2 Å². The van der Waals surface area contributed by atoms with Crippen molar-refractivity contribution >= 4 is 46.4 Å². The van der Waals surface area contributed by atoms with E-state index in [0.29, 0.717) is 17.0 Å². The van der Waals surface area contributed by atoms with E-state index in [1.165, 1.54) is 11.8 Å². The fourth-order valence-corrected chi connectivity index (χ4v) is 5.12. The van der Waals surface area contributed by atoms with Crippen molar-refractivity contribution in [3.8, 4) is 21.1 Å². The number of aromatic nitrogens is 2. The molecule has 0 aromatic carbocycles. The smallest absolute Gasteiger partial charge is 0.337 e. The van der Waals surface area contributed by atoms with Crippen LogP contribution in [0.15, 0.2) is 51.5 Å². The maximum atomic E-state index is 12.2. The summed E-state index contributed by atoms with van der Waals surface area (Å²) in [6.07, 6.45) is 0. The number of thiophene rings is 2. The number of amides is 2. The number of ether oxygens (including phenoxy) is 1. The highest BCUT2D eigenvalue weighted by Gasteiger charge is 2.24. The van der Waals surface area contributed by atoms with Gasteiger partial charge in [0.15, 0.2) is 5.16 Å². The second kappa shape index (κ2) is 8.85. The van der Waals surface area contributed by atoms with Crippen LogP contribution in [-0.2, 0) is 9.53 Å². The first-order valence-corrected chi connectivity index (χ1v) is 11.6. The monoisotopic (exact) mass is 446 g/mol. The van der Waals surface area contributed by atoms with Crippen LogP contribution in [0.4, 0.5) is 4.79 Å². The molecule has 0 spiro atoms. The lowest BCUT2D eigenvalue weighted by molar-refractivity contribution is -0.138. The van der Waals surface area contributed by atoms with Crippen molar-refractivity contribution in [2.75, 3.05) is 18.9 Å². The number of H-pyrrole nitrogens is 1. The number of hydrogen-bond acceptors (Lipinski definition) is 7. The number of nitrogens with zero attached hydrogens (tertiary/aromatic N) is 1. The predicted octanol–water partition coefficient (Wildman–Crippen LogP) is 4.09. The van der Waals surface area contributed by atoms with Gasteiger partial charge in [-0.05, 0) is 29.8 Å². The van der Waals surface area contributed by atoms with Gasteiger partial charge in [-0.2, -0.15) is 0 Å². The number of hydrogen-bond donors (Lipinski definition) is 3. The second-order valence-electron chi connectivity index (χ2n) is 5.99. The van der Waals surface area contributed by atoms with E-state index in [9.17, 15) is 9.59 Å². The summed E-state index contributed by atoms with van der Waals surface area (Å²) in [5.74, 6) is -0.0309. The van der Waals surface area contributed by atoms with Crippen LogP contribution in [0, 0.1) is 0 Å². The van der Waals surface area contributed by atoms with E-state index < -0.39 is 5.97 Å². The zero-order valence-electron chi connectivity index (χ0n) is 15.5. The number of urea groups is 1. The molecule has 0 radical (unpaired) electrons. The molecule has 0 saturated carbocycles.